The zero-order valence-corrected chi connectivity index (χ0v) is 14.3. The summed E-state index contributed by atoms with van der Waals surface area (Å²) in [5, 5.41) is 0. The maximum atomic E-state index is 13.8. The Bertz CT molecular complexity index is 622. The van der Waals surface area contributed by atoms with Gasteiger partial charge in [0.2, 0.25) is 10.0 Å². The Morgan fingerprint density at radius 1 is 1.24 bits per heavy atom. The Morgan fingerprint density at radius 2 is 1.81 bits per heavy atom. The van der Waals surface area contributed by atoms with E-state index in [1.807, 2.05) is 0 Å². The summed E-state index contributed by atoms with van der Waals surface area (Å²) in [6, 6.07) is 1.47. The van der Waals surface area contributed by atoms with Crippen molar-refractivity contribution in [2.45, 2.75) is 36.1 Å². The molecule has 0 aliphatic heterocycles. The van der Waals surface area contributed by atoms with Crippen LogP contribution in [-0.4, -0.2) is 20.5 Å². The van der Waals surface area contributed by atoms with Crippen molar-refractivity contribution in [2.24, 2.45) is 5.73 Å². The van der Waals surface area contributed by atoms with Gasteiger partial charge >= 0.3 is 0 Å². The minimum Gasteiger partial charge on any atom is -0.329 e. The van der Waals surface area contributed by atoms with Crippen molar-refractivity contribution < 1.29 is 17.2 Å². The van der Waals surface area contributed by atoms with Crippen LogP contribution in [0.25, 0.3) is 0 Å². The van der Waals surface area contributed by atoms with Crippen LogP contribution in [0.4, 0.5) is 8.78 Å². The summed E-state index contributed by atoms with van der Waals surface area (Å²) in [6.07, 6.45) is 2.92. The monoisotopic (exact) mass is 404 g/mol. The molecule has 0 aromatic heterocycles. The Balaban J connectivity index is 0.00000220. The molecule has 1 aliphatic rings. The smallest absolute Gasteiger partial charge is 0.244 e. The van der Waals surface area contributed by atoms with E-state index in [2.05, 4.69) is 20.7 Å². The predicted molar refractivity (Wildman–Crippen MR) is 81.9 cm³/mol. The Morgan fingerprint density at radius 3 is 2.33 bits per heavy atom. The molecular formula is C12H16BrClF2N2O2S. The van der Waals surface area contributed by atoms with Crippen molar-refractivity contribution >= 4 is 38.4 Å². The second kappa shape index (κ2) is 6.87. The largest absolute Gasteiger partial charge is 0.329 e. The van der Waals surface area contributed by atoms with Crippen LogP contribution in [-0.2, 0) is 10.0 Å². The van der Waals surface area contributed by atoms with Gasteiger partial charge in [-0.15, -0.1) is 12.4 Å². The molecule has 1 fully saturated rings. The molecule has 9 heteroatoms. The first kappa shape index (κ1) is 18.8. The van der Waals surface area contributed by atoms with Gasteiger partial charge in [-0.2, -0.15) is 0 Å². The number of rotatable bonds is 4. The van der Waals surface area contributed by atoms with E-state index in [1.165, 1.54) is 0 Å². The van der Waals surface area contributed by atoms with Crippen LogP contribution in [0.1, 0.15) is 25.7 Å². The third-order valence-corrected chi connectivity index (χ3v) is 5.77. The van der Waals surface area contributed by atoms with E-state index in [0.717, 1.165) is 18.9 Å². The highest BCUT2D eigenvalue weighted by atomic mass is 79.9. The standard InChI is InChI=1S/C12H15BrF2N2O2S.ClH/c13-8-5-10(15)11(6-9(8)14)20(18,19)17-12(7-16)3-1-2-4-12;/h5-6,17H,1-4,7,16H2;1H. The first-order valence-corrected chi connectivity index (χ1v) is 8.46. The molecule has 0 atom stereocenters. The van der Waals surface area contributed by atoms with E-state index < -0.39 is 32.1 Å². The van der Waals surface area contributed by atoms with E-state index in [0.29, 0.717) is 18.9 Å². The summed E-state index contributed by atoms with van der Waals surface area (Å²) < 4.78 is 54.1. The van der Waals surface area contributed by atoms with Crippen LogP contribution < -0.4 is 10.5 Å². The lowest BCUT2D eigenvalue weighted by atomic mass is 10.0. The first-order valence-electron chi connectivity index (χ1n) is 6.18. The summed E-state index contributed by atoms with van der Waals surface area (Å²) in [5.74, 6) is -1.84. The molecular weight excluding hydrogens is 390 g/mol. The fourth-order valence-electron chi connectivity index (χ4n) is 2.45. The van der Waals surface area contributed by atoms with Gasteiger partial charge in [0.15, 0.2) is 0 Å². The zero-order chi connectivity index (χ0) is 15.0. The topological polar surface area (TPSA) is 72.2 Å². The number of nitrogens with two attached hydrogens (primary N) is 1. The summed E-state index contributed by atoms with van der Waals surface area (Å²) in [6.45, 7) is 0.132. The van der Waals surface area contributed by atoms with E-state index in [-0.39, 0.29) is 23.4 Å². The fourth-order valence-corrected chi connectivity index (χ4v) is 4.31. The quantitative estimate of drug-likeness (QED) is 0.757. The highest BCUT2D eigenvalue weighted by Gasteiger charge is 2.37. The molecule has 0 radical (unpaired) electrons. The molecule has 3 N–H and O–H groups in total. The molecule has 0 saturated heterocycles. The van der Waals surface area contributed by atoms with Crippen LogP contribution in [0.3, 0.4) is 0 Å². The molecule has 1 aliphatic carbocycles. The van der Waals surface area contributed by atoms with Crippen LogP contribution in [0.2, 0.25) is 0 Å². The molecule has 0 amide bonds. The van der Waals surface area contributed by atoms with Crippen LogP contribution >= 0.6 is 28.3 Å². The maximum absolute atomic E-state index is 13.8. The third-order valence-electron chi connectivity index (χ3n) is 3.57. The molecule has 4 nitrogen and oxygen atoms in total. The van der Waals surface area contributed by atoms with Gasteiger partial charge in [0.1, 0.15) is 16.5 Å². The lowest BCUT2D eigenvalue weighted by Crippen LogP contribution is -2.51. The molecule has 0 bridgehead atoms. The highest BCUT2D eigenvalue weighted by molar-refractivity contribution is 9.10. The van der Waals surface area contributed by atoms with Gasteiger partial charge in [0.05, 0.1) is 4.47 Å². The third kappa shape index (κ3) is 3.92. The summed E-state index contributed by atoms with van der Waals surface area (Å²) in [4.78, 5) is -0.696. The summed E-state index contributed by atoms with van der Waals surface area (Å²) in [5.41, 5.74) is 4.89. The second-order valence-electron chi connectivity index (χ2n) is 4.99. The Hall–Kier alpha value is -0.280. The van der Waals surface area contributed by atoms with E-state index in [9.17, 15) is 17.2 Å². The lowest BCUT2D eigenvalue weighted by molar-refractivity contribution is 0.398. The summed E-state index contributed by atoms with van der Waals surface area (Å²) >= 11 is 2.81. The number of sulfonamides is 1. The predicted octanol–water partition coefficient (Wildman–Crippen LogP) is 2.70. The van der Waals surface area contributed by atoms with Gasteiger partial charge in [-0.1, -0.05) is 12.8 Å². The lowest BCUT2D eigenvalue weighted by Gasteiger charge is -2.28. The van der Waals surface area contributed by atoms with Gasteiger partial charge in [-0.25, -0.2) is 21.9 Å². The zero-order valence-electron chi connectivity index (χ0n) is 11.0. The van der Waals surface area contributed by atoms with Gasteiger partial charge in [-0.05, 0) is 40.9 Å². The van der Waals surface area contributed by atoms with Gasteiger partial charge in [0, 0.05) is 12.1 Å². The fraction of sp³-hybridized carbons (Fsp3) is 0.500. The number of nitrogens with one attached hydrogen (secondary N) is 1. The van der Waals surface area contributed by atoms with E-state index in [4.69, 9.17) is 5.73 Å². The van der Waals surface area contributed by atoms with E-state index in [1.54, 1.807) is 0 Å². The number of hydrogen-bond acceptors (Lipinski definition) is 3. The number of benzene rings is 1. The second-order valence-corrected chi connectivity index (χ2v) is 7.50. The number of halogens is 4. The van der Waals surface area contributed by atoms with Crippen molar-refractivity contribution in [1.82, 2.24) is 4.72 Å². The molecule has 0 heterocycles. The maximum Gasteiger partial charge on any atom is 0.244 e. The highest BCUT2D eigenvalue weighted by Crippen LogP contribution is 2.31. The molecule has 0 unspecified atom stereocenters. The minimum absolute atomic E-state index is 0. The van der Waals surface area contributed by atoms with Crippen molar-refractivity contribution in [1.29, 1.82) is 0 Å². The molecule has 1 aromatic rings. The van der Waals surface area contributed by atoms with Crippen molar-refractivity contribution in [3.8, 4) is 0 Å². The molecule has 2 rings (SSSR count). The first-order chi connectivity index (χ1) is 9.30. The number of hydrogen-bond donors (Lipinski definition) is 2. The van der Waals surface area contributed by atoms with Crippen molar-refractivity contribution in [2.75, 3.05) is 6.54 Å². The normalized spacial score (nSPS) is 17.5. The van der Waals surface area contributed by atoms with Gasteiger partial charge in [0.25, 0.3) is 0 Å². The van der Waals surface area contributed by atoms with E-state index >= 15 is 0 Å². The molecule has 21 heavy (non-hydrogen) atoms. The van der Waals surface area contributed by atoms with Gasteiger partial charge < -0.3 is 5.73 Å². The SMILES string of the molecule is Cl.NCC1(NS(=O)(=O)c2cc(F)c(Br)cc2F)CCCC1. The summed E-state index contributed by atoms with van der Waals surface area (Å²) in [7, 11) is -4.15. The van der Waals surface area contributed by atoms with Crippen LogP contribution in [0, 0.1) is 11.6 Å². The average molecular weight is 406 g/mol. The van der Waals surface area contributed by atoms with Crippen LogP contribution in [0.15, 0.2) is 21.5 Å². The average Bonchev–Trinajstić information content (AvgIpc) is 2.82. The van der Waals surface area contributed by atoms with Crippen molar-refractivity contribution in [3.63, 3.8) is 0 Å². The van der Waals surface area contributed by atoms with Crippen LogP contribution in [0.5, 0.6) is 0 Å². The molecule has 120 valence electrons. The van der Waals surface area contributed by atoms with Gasteiger partial charge in [-0.3, -0.25) is 0 Å². The minimum atomic E-state index is -4.15. The Labute approximate surface area is 137 Å². The Kier molecular flexibility index (Phi) is 6.14. The van der Waals surface area contributed by atoms with Crippen molar-refractivity contribution in [3.05, 3.63) is 28.2 Å². The molecule has 0 spiro atoms. The molecule has 1 saturated carbocycles. The molecule has 1 aromatic carbocycles.